The SMILES string of the molecule is CC(CC(CC(C)CN1CCOCC1)C(=O)c1ccccc1)CN1CCOCC1. The monoisotopic (exact) mass is 402 g/mol. The summed E-state index contributed by atoms with van der Waals surface area (Å²) in [5, 5.41) is 0. The number of hydrogen-bond acceptors (Lipinski definition) is 5. The van der Waals surface area contributed by atoms with Crippen LogP contribution in [-0.2, 0) is 9.47 Å². The Balaban J connectivity index is 1.59. The normalized spacial score (nSPS) is 22.1. The molecule has 0 aliphatic carbocycles. The van der Waals surface area contributed by atoms with Gasteiger partial charge in [0.1, 0.15) is 0 Å². The van der Waals surface area contributed by atoms with E-state index in [-0.39, 0.29) is 5.92 Å². The lowest BCUT2D eigenvalue weighted by atomic mass is 9.82. The van der Waals surface area contributed by atoms with Crippen molar-refractivity contribution in [3.8, 4) is 0 Å². The minimum atomic E-state index is 0.0875. The number of nitrogens with zero attached hydrogens (tertiary/aromatic N) is 2. The van der Waals surface area contributed by atoms with Crippen LogP contribution >= 0.6 is 0 Å². The van der Waals surface area contributed by atoms with Crippen molar-refractivity contribution in [3.63, 3.8) is 0 Å². The van der Waals surface area contributed by atoms with Crippen LogP contribution in [0, 0.1) is 17.8 Å². The molecule has 2 aliphatic heterocycles. The van der Waals surface area contributed by atoms with E-state index in [9.17, 15) is 4.79 Å². The highest BCUT2D eigenvalue weighted by molar-refractivity contribution is 5.97. The van der Waals surface area contributed by atoms with Crippen LogP contribution in [0.1, 0.15) is 37.0 Å². The highest BCUT2D eigenvalue weighted by atomic mass is 16.5. The summed E-state index contributed by atoms with van der Waals surface area (Å²) in [5.74, 6) is 1.40. The van der Waals surface area contributed by atoms with Crippen LogP contribution in [0.25, 0.3) is 0 Å². The van der Waals surface area contributed by atoms with Gasteiger partial charge in [0, 0.05) is 50.7 Å². The zero-order valence-electron chi connectivity index (χ0n) is 18.2. The summed E-state index contributed by atoms with van der Waals surface area (Å²) in [4.78, 5) is 18.3. The van der Waals surface area contributed by atoms with Crippen molar-refractivity contribution in [2.75, 3.05) is 65.7 Å². The number of carbonyl (C=O) groups is 1. The molecule has 0 bridgehead atoms. The molecule has 5 heteroatoms. The Hall–Kier alpha value is -1.27. The summed E-state index contributed by atoms with van der Waals surface area (Å²) in [6.45, 7) is 14.1. The summed E-state index contributed by atoms with van der Waals surface area (Å²) >= 11 is 0. The Labute approximate surface area is 176 Å². The van der Waals surface area contributed by atoms with Crippen LogP contribution in [0.15, 0.2) is 30.3 Å². The summed E-state index contributed by atoms with van der Waals surface area (Å²) in [6.07, 6.45) is 1.91. The number of Topliss-reactive ketones (excluding diaryl/α,β-unsaturated/α-hetero) is 1. The molecule has 1 aromatic carbocycles. The van der Waals surface area contributed by atoms with Gasteiger partial charge in [0.2, 0.25) is 0 Å². The Bertz CT molecular complexity index is 569. The zero-order valence-corrected chi connectivity index (χ0v) is 18.2. The third-order valence-corrected chi connectivity index (χ3v) is 6.15. The fourth-order valence-electron chi connectivity index (χ4n) is 4.72. The lowest BCUT2D eigenvalue weighted by Crippen LogP contribution is -2.40. The highest BCUT2D eigenvalue weighted by Crippen LogP contribution is 2.26. The second kappa shape index (κ2) is 11.8. The van der Waals surface area contributed by atoms with E-state index in [1.807, 2.05) is 30.3 Å². The predicted octanol–water partition coefficient (Wildman–Crippen LogP) is 3.20. The maximum absolute atomic E-state index is 13.3. The molecule has 162 valence electrons. The van der Waals surface area contributed by atoms with Crippen molar-refractivity contribution in [1.82, 2.24) is 9.80 Å². The smallest absolute Gasteiger partial charge is 0.165 e. The van der Waals surface area contributed by atoms with Gasteiger partial charge in [-0.05, 0) is 24.7 Å². The van der Waals surface area contributed by atoms with Gasteiger partial charge in [0.25, 0.3) is 0 Å². The maximum Gasteiger partial charge on any atom is 0.165 e. The van der Waals surface area contributed by atoms with Gasteiger partial charge in [0.05, 0.1) is 26.4 Å². The van der Waals surface area contributed by atoms with Crippen LogP contribution < -0.4 is 0 Å². The molecule has 5 nitrogen and oxygen atoms in total. The third-order valence-electron chi connectivity index (χ3n) is 6.15. The quantitative estimate of drug-likeness (QED) is 0.562. The van der Waals surface area contributed by atoms with Crippen molar-refractivity contribution in [2.45, 2.75) is 26.7 Å². The van der Waals surface area contributed by atoms with E-state index >= 15 is 0 Å². The summed E-state index contributed by atoms with van der Waals surface area (Å²) in [5.41, 5.74) is 0.856. The van der Waals surface area contributed by atoms with E-state index in [0.717, 1.165) is 84.1 Å². The van der Waals surface area contributed by atoms with E-state index in [4.69, 9.17) is 9.47 Å². The Kier molecular flexibility index (Phi) is 9.12. The number of rotatable bonds is 10. The average molecular weight is 403 g/mol. The molecule has 1 aromatic rings. The van der Waals surface area contributed by atoms with E-state index < -0.39 is 0 Å². The van der Waals surface area contributed by atoms with E-state index in [0.29, 0.717) is 17.6 Å². The molecule has 29 heavy (non-hydrogen) atoms. The van der Waals surface area contributed by atoms with Crippen molar-refractivity contribution in [2.24, 2.45) is 17.8 Å². The Morgan fingerprint density at radius 3 is 1.72 bits per heavy atom. The van der Waals surface area contributed by atoms with Crippen molar-refractivity contribution in [3.05, 3.63) is 35.9 Å². The van der Waals surface area contributed by atoms with Gasteiger partial charge in [-0.2, -0.15) is 0 Å². The largest absolute Gasteiger partial charge is 0.379 e. The molecular weight excluding hydrogens is 364 g/mol. The lowest BCUT2D eigenvalue weighted by molar-refractivity contribution is 0.0270. The molecule has 2 atom stereocenters. The average Bonchev–Trinajstić information content (AvgIpc) is 2.74. The standard InChI is InChI=1S/C24H38N2O3/c1-20(18-25-8-12-28-13-9-25)16-23(24(27)22-6-4-3-5-7-22)17-21(2)19-26-10-14-29-15-11-26/h3-7,20-21,23H,8-19H2,1-2H3. The number of ether oxygens (including phenoxy) is 2. The fourth-order valence-corrected chi connectivity index (χ4v) is 4.72. The van der Waals surface area contributed by atoms with E-state index in [1.165, 1.54) is 0 Å². The summed E-state index contributed by atoms with van der Waals surface area (Å²) < 4.78 is 10.9. The van der Waals surface area contributed by atoms with Crippen LogP contribution in [0.4, 0.5) is 0 Å². The van der Waals surface area contributed by atoms with Crippen LogP contribution in [0.3, 0.4) is 0 Å². The molecule has 0 N–H and O–H groups in total. The third kappa shape index (κ3) is 7.49. The second-order valence-electron chi connectivity index (χ2n) is 8.93. The second-order valence-corrected chi connectivity index (χ2v) is 8.93. The molecule has 0 radical (unpaired) electrons. The lowest BCUT2D eigenvalue weighted by Gasteiger charge is -2.32. The van der Waals surface area contributed by atoms with Gasteiger partial charge in [-0.25, -0.2) is 0 Å². The van der Waals surface area contributed by atoms with E-state index in [2.05, 4.69) is 23.6 Å². The molecule has 2 fully saturated rings. The number of carbonyl (C=O) groups excluding carboxylic acids is 1. The first-order chi connectivity index (χ1) is 14.1. The number of morpholine rings is 2. The summed E-state index contributed by atoms with van der Waals surface area (Å²) in [7, 11) is 0. The Morgan fingerprint density at radius 1 is 0.828 bits per heavy atom. The first kappa shape index (κ1) is 22.4. The minimum absolute atomic E-state index is 0.0875. The molecule has 0 aromatic heterocycles. The molecule has 0 amide bonds. The number of hydrogen-bond donors (Lipinski definition) is 0. The first-order valence-corrected chi connectivity index (χ1v) is 11.3. The molecular formula is C24H38N2O3. The number of ketones is 1. The zero-order chi connectivity index (χ0) is 20.5. The first-order valence-electron chi connectivity index (χ1n) is 11.3. The topological polar surface area (TPSA) is 42.0 Å². The molecule has 3 rings (SSSR count). The molecule has 0 spiro atoms. The maximum atomic E-state index is 13.3. The highest BCUT2D eigenvalue weighted by Gasteiger charge is 2.26. The van der Waals surface area contributed by atoms with Crippen LogP contribution in [0.5, 0.6) is 0 Å². The van der Waals surface area contributed by atoms with Gasteiger partial charge in [-0.3, -0.25) is 14.6 Å². The predicted molar refractivity (Wildman–Crippen MR) is 116 cm³/mol. The molecule has 2 unspecified atom stereocenters. The van der Waals surface area contributed by atoms with Crippen molar-refractivity contribution >= 4 is 5.78 Å². The van der Waals surface area contributed by atoms with Crippen molar-refractivity contribution in [1.29, 1.82) is 0 Å². The van der Waals surface area contributed by atoms with Gasteiger partial charge in [0.15, 0.2) is 5.78 Å². The molecule has 2 aliphatic rings. The van der Waals surface area contributed by atoms with Crippen LogP contribution in [0.2, 0.25) is 0 Å². The molecule has 2 saturated heterocycles. The number of benzene rings is 1. The van der Waals surface area contributed by atoms with Crippen molar-refractivity contribution < 1.29 is 14.3 Å². The molecule has 0 saturated carbocycles. The Morgan fingerprint density at radius 2 is 1.28 bits per heavy atom. The van der Waals surface area contributed by atoms with Gasteiger partial charge in [-0.15, -0.1) is 0 Å². The van der Waals surface area contributed by atoms with E-state index in [1.54, 1.807) is 0 Å². The van der Waals surface area contributed by atoms with Gasteiger partial charge >= 0.3 is 0 Å². The summed E-state index contributed by atoms with van der Waals surface area (Å²) in [6, 6.07) is 9.86. The minimum Gasteiger partial charge on any atom is -0.379 e. The fraction of sp³-hybridized carbons (Fsp3) is 0.708. The van der Waals surface area contributed by atoms with Gasteiger partial charge < -0.3 is 9.47 Å². The van der Waals surface area contributed by atoms with Crippen LogP contribution in [-0.4, -0.2) is 81.3 Å². The molecule has 2 heterocycles. The van der Waals surface area contributed by atoms with Gasteiger partial charge in [-0.1, -0.05) is 44.2 Å².